The zero-order valence-electron chi connectivity index (χ0n) is 18.9. The minimum Gasteiger partial charge on any atom is -0.351 e. The van der Waals surface area contributed by atoms with Crippen LogP contribution >= 0.6 is 35.0 Å². The van der Waals surface area contributed by atoms with Gasteiger partial charge in [0, 0.05) is 22.3 Å². The average molecular weight is 540 g/mol. The lowest BCUT2D eigenvalue weighted by Crippen LogP contribution is -2.32. The maximum atomic E-state index is 13.6. The number of nitriles is 1. The van der Waals surface area contributed by atoms with Crippen molar-refractivity contribution in [3.8, 4) is 6.07 Å². The van der Waals surface area contributed by atoms with Crippen LogP contribution in [0.3, 0.4) is 0 Å². The number of hydrogen-bond donors (Lipinski definition) is 1. The second-order valence-corrected chi connectivity index (χ2v) is 10.0. The Kier molecular flexibility index (Phi) is 8.32. The van der Waals surface area contributed by atoms with Gasteiger partial charge in [0.05, 0.1) is 5.25 Å². The van der Waals surface area contributed by atoms with Crippen molar-refractivity contribution < 1.29 is 14.0 Å². The summed E-state index contributed by atoms with van der Waals surface area (Å²) in [6.07, 6.45) is 0.822. The maximum Gasteiger partial charge on any atom is 0.264 e. The zero-order chi connectivity index (χ0) is 25.7. The summed E-state index contributed by atoms with van der Waals surface area (Å²) in [5, 5.41) is 13.1. The van der Waals surface area contributed by atoms with Gasteiger partial charge >= 0.3 is 0 Å². The summed E-state index contributed by atoms with van der Waals surface area (Å²) in [6, 6.07) is 21.9. The Morgan fingerprint density at radius 1 is 1.08 bits per heavy atom. The van der Waals surface area contributed by atoms with E-state index in [-0.39, 0.29) is 22.9 Å². The lowest BCUT2D eigenvalue weighted by Gasteiger charge is -2.18. The van der Waals surface area contributed by atoms with Gasteiger partial charge in [0.25, 0.3) is 5.91 Å². The smallest absolute Gasteiger partial charge is 0.264 e. The summed E-state index contributed by atoms with van der Waals surface area (Å²) in [6.45, 7) is 0.317. The quantitative estimate of drug-likeness (QED) is 0.299. The van der Waals surface area contributed by atoms with E-state index in [0.29, 0.717) is 34.3 Å². The molecule has 36 heavy (non-hydrogen) atoms. The first kappa shape index (κ1) is 25.8. The molecular weight excluding hydrogens is 520 g/mol. The molecule has 3 aromatic rings. The lowest BCUT2D eigenvalue weighted by atomic mass is 10.1. The summed E-state index contributed by atoms with van der Waals surface area (Å²) in [4.78, 5) is 27.8. The second kappa shape index (κ2) is 11.6. The fourth-order valence-corrected chi connectivity index (χ4v) is 5.45. The number of halogens is 3. The number of anilines is 1. The van der Waals surface area contributed by atoms with Crippen LogP contribution in [-0.4, -0.2) is 23.6 Å². The van der Waals surface area contributed by atoms with Crippen molar-refractivity contribution >= 4 is 52.5 Å². The number of nitrogens with one attached hydrogen (secondary N) is 1. The van der Waals surface area contributed by atoms with Gasteiger partial charge in [-0.15, -0.1) is 0 Å². The molecular formula is C27H20Cl2FN3O2S. The van der Waals surface area contributed by atoms with Crippen molar-refractivity contribution in [2.24, 2.45) is 0 Å². The van der Waals surface area contributed by atoms with Crippen molar-refractivity contribution in [2.75, 3.05) is 11.4 Å². The summed E-state index contributed by atoms with van der Waals surface area (Å²) in [5.74, 6) is -1.40. The average Bonchev–Trinajstić information content (AvgIpc) is 3.18. The molecule has 1 aliphatic heterocycles. The summed E-state index contributed by atoms with van der Waals surface area (Å²) >= 11 is 13.5. The molecule has 0 saturated carbocycles. The Morgan fingerprint density at radius 2 is 1.81 bits per heavy atom. The number of benzene rings is 3. The number of thioether (sulfide) groups is 1. The molecule has 1 atom stereocenters. The zero-order valence-corrected chi connectivity index (χ0v) is 21.2. The highest BCUT2D eigenvalue weighted by Crippen LogP contribution is 2.42. The summed E-state index contributed by atoms with van der Waals surface area (Å²) in [7, 11) is 0. The molecule has 0 radical (unpaired) electrons. The van der Waals surface area contributed by atoms with Crippen LogP contribution in [0.25, 0.3) is 0 Å². The molecule has 0 spiro atoms. The number of rotatable bonds is 7. The number of carbonyl (C=O) groups excluding carboxylic acids is 2. The Balaban J connectivity index is 1.64. The van der Waals surface area contributed by atoms with E-state index in [1.54, 1.807) is 18.2 Å². The molecule has 4 rings (SSSR count). The van der Waals surface area contributed by atoms with E-state index in [0.717, 1.165) is 17.3 Å². The Hall–Kier alpha value is -3.31. The van der Waals surface area contributed by atoms with Gasteiger partial charge in [-0.3, -0.25) is 14.5 Å². The van der Waals surface area contributed by atoms with E-state index < -0.39 is 17.0 Å². The third-order valence-corrected chi connectivity index (χ3v) is 7.41. The standard InChI is InChI=1S/C27H20Cl2FN3O2S/c28-19-6-11-23(29)18(14-19)15-24-26(35)33(21-9-7-20(30)8-10-21)27(36-24)22(16-31)25(34)32-13-12-17-4-2-1-3-5-17/h1-11,14,24H,12-13,15H2,(H,32,34). The van der Waals surface area contributed by atoms with Crippen LogP contribution in [0.5, 0.6) is 0 Å². The minimum absolute atomic E-state index is 0.189. The fourth-order valence-electron chi connectivity index (χ4n) is 3.76. The van der Waals surface area contributed by atoms with Crippen molar-refractivity contribution in [1.82, 2.24) is 5.32 Å². The van der Waals surface area contributed by atoms with E-state index in [2.05, 4.69) is 5.32 Å². The van der Waals surface area contributed by atoms with Crippen LogP contribution in [0.1, 0.15) is 11.1 Å². The first-order valence-corrected chi connectivity index (χ1v) is 12.7. The van der Waals surface area contributed by atoms with Gasteiger partial charge < -0.3 is 5.32 Å². The number of hydrogen-bond acceptors (Lipinski definition) is 4. The summed E-state index contributed by atoms with van der Waals surface area (Å²) in [5.41, 5.74) is 1.88. The van der Waals surface area contributed by atoms with Crippen LogP contribution in [0, 0.1) is 17.1 Å². The molecule has 1 aliphatic rings. The SMILES string of the molecule is N#CC(C(=O)NCCc1ccccc1)=C1SC(Cc2cc(Cl)ccc2Cl)C(=O)N1c1ccc(F)cc1. The van der Waals surface area contributed by atoms with Gasteiger partial charge in [0.1, 0.15) is 22.5 Å². The highest BCUT2D eigenvalue weighted by molar-refractivity contribution is 8.05. The van der Waals surface area contributed by atoms with Gasteiger partial charge in [0.2, 0.25) is 5.91 Å². The molecule has 5 nitrogen and oxygen atoms in total. The number of amides is 2. The second-order valence-electron chi connectivity index (χ2n) is 7.98. The Morgan fingerprint density at radius 3 is 2.50 bits per heavy atom. The fraction of sp³-hybridized carbons (Fsp3) is 0.148. The van der Waals surface area contributed by atoms with Crippen molar-refractivity contribution in [3.05, 3.63) is 110 Å². The minimum atomic E-state index is -0.665. The molecule has 182 valence electrons. The van der Waals surface area contributed by atoms with Gasteiger partial charge in [-0.05, 0) is 66.4 Å². The molecule has 1 heterocycles. The van der Waals surface area contributed by atoms with Crippen LogP contribution in [0.4, 0.5) is 10.1 Å². The van der Waals surface area contributed by atoms with Crippen LogP contribution in [-0.2, 0) is 22.4 Å². The van der Waals surface area contributed by atoms with E-state index in [1.165, 1.54) is 29.2 Å². The highest BCUT2D eigenvalue weighted by atomic mass is 35.5. The first-order valence-electron chi connectivity index (χ1n) is 11.0. The predicted molar refractivity (Wildman–Crippen MR) is 141 cm³/mol. The lowest BCUT2D eigenvalue weighted by molar-refractivity contribution is -0.117. The topological polar surface area (TPSA) is 73.2 Å². The number of nitrogens with zero attached hydrogens (tertiary/aromatic N) is 2. The molecule has 0 aliphatic carbocycles. The Labute approximate surface area is 222 Å². The molecule has 1 unspecified atom stereocenters. The van der Waals surface area contributed by atoms with Crippen LogP contribution in [0.2, 0.25) is 10.0 Å². The number of carbonyl (C=O) groups is 2. The molecule has 1 saturated heterocycles. The van der Waals surface area contributed by atoms with E-state index >= 15 is 0 Å². The van der Waals surface area contributed by atoms with Crippen LogP contribution in [0.15, 0.2) is 83.4 Å². The Bertz CT molecular complexity index is 1360. The molecule has 0 aromatic heterocycles. The third-order valence-electron chi connectivity index (χ3n) is 5.55. The van der Waals surface area contributed by atoms with Crippen molar-refractivity contribution in [3.63, 3.8) is 0 Å². The molecule has 3 aromatic carbocycles. The molecule has 1 N–H and O–H groups in total. The largest absolute Gasteiger partial charge is 0.351 e. The molecule has 2 amide bonds. The van der Waals surface area contributed by atoms with E-state index in [4.69, 9.17) is 23.2 Å². The predicted octanol–water partition coefficient (Wildman–Crippen LogP) is 5.92. The van der Waals surface area contributed by atoms with Crippen LogP contribution < -0.4 is 10.2 Å². The summed E-state index contributed by atoms with van der Waals surface area (Å²) < 4.78 is 13.6. The van der Waals surface area contributed by atoms with Gasteiger partial charge in [-0.25, -0.2) is 4.39 Å². The highest BCUT2D eigenvalue weighted by Gasteiger charge is 2.41. The van der Waals surface area contributed by atoms with Gasteiger partial charge in [-0.1, -0.05) is 65.3 Å². The van der Waals surface area contributed by atoms with E-state index in [1.807, 2.05) is 36.4 Å². The molecule has 1 fully saturated rings. The molecule has 0 bridgehead atoms. The molecule has 9 heteroatoms. The monoisotopic (exact) mass is 539 g/mol. The van der Waals surface area contributed by atoms with Crippen molar-refractivity contribution in [1.29, 1.82) is 5.26 Å². The normalized spacial score (nSPS) is 16.6. The van der Waals surface area contributed by atoms with Crippen molar-refractivity contribution in [2.45, 2.75) is 18.1 Å². The van der Waals surface area contributed by atoms with Gasteiger partial charge in [-0.2, -0.15) is 5.26 Å². The van der Waals surface area contributed by atoms with Gasteiger partial charge in [0.15, 0.2) is 0 Å². The maximum absolute atomic E-state index is 13.6. The third kappa shape index (κ3) is 5.90. The van der Waals surface area contributed by atoms with E-state index in [9.17, 15) is 19.2 Å². The first-order chi connectivity index (χ1) is 17.4.